The number of anilines is 1. The van der Waals surface area contributed by atoms with Crippen molar-refractivity contribution in [1.82, 2.24) is 0 Å². The average Bonchev–Trinajstić information content (AvgIpc) is 2.16. The van der Waals surface area contributed by atoms with E-state index in [1.54, 1.807) is 6.07 Å². The van der Waals surface area contributed by atoms with Gasteiger partial charge in [0, 0.05) is 5.69 Å². The molecule has 0 fully saturated rings. The van der Waals surface area contributed by atoms with Crippen LogP contribution in [0.3, 0.4) is 0 Å². The van der Waals surface area contributed by atoms with Crippen molar-refractivity contribution in [2.75, 3.05) is 5.73 Å². The lowest BCUT2D eigenvalue weighted by atomic mass is 9.90. The molecule has 0 amide bonds. The van der Waals surface area contributed by atoms with Crippen molar-refractivity contribution in [3.8, 4) is 5.75 Å². The lowest BCUT2D eigenvalue weighted by Crippen LogP contribution is -2.36. The van der Waals surface area contributed by atoms with Gasteiger partial charge in [-0.1, -0.05) is 0 Å². The molecule has 1 aliphatic heterocycles. The molecule has 0 saturated carbocycles. The highest BCUT2D eigenvalue weighted by Gasteiger charge is 2.34. The number of hydrogen-bond acceptors (Lipinski definition) is 3. The Morgan fingerprint density at radius 3 is 2.56 bits per heavy atom. The van der Waals surface area contributed by atoms with E-state index >= 15 is 0 Å². The SMILES string of the molecule is Cc1c(N)cc2c(c1C)OC(C)(C)CC2=O. The highest BCUT2D eigenvalue weighted by molar-refractivity contribution is 6.01. The smallest absolute Gasteiger partial charge is 0.170 e. The fourth-order valence-electron chi connectivity index (χ4n) is 2.05. The molecule has 3 nitrogen and oxygen atoms in total. The molecule has 1 aromatic carbocycles. The molecular weight excluding hydrogens is 202 g/mol. The Balaban J connectivity index is 2.67. The van der Waals surface area contributed by atoms with Gasteiger partial charge in [0.25, 0.3) is 0 Å². The molecule has 0 saturated heterocycles. The number of ether oxygens (including phenoxy) is 1. The molecule has 0 aromatic heterocycles. The monoisotopic (exact) mass is 219 g/mol. The van der Waals surface area contributed by atoms with Gasteiger partial charge in [0.15, 0.2) is 5.78 Å². The van der Waals surface area contributed by atoms with Gasteiger partial charge in [-0.3, -0.25) is 4.79 Å². The van der Waals surface area contributed by atoms with E-state index in [0.29, 0.717) is 23.4 Å². The first-order valence-electron chi connectivity index (χ1n) is 5.44. The first-order chi connectivity index (χ1) is 7.32. The van der Waals surface area contributed by atoms with Gasteiger partial charge in [0.2, 0.25) is 0 Å². The zero-order chi connectivity index (χ0) is 12.1. The van der Waals surface area contributed by atoms with Crippen molar-refractivity contribution < 1.29 is 9.53 Å². The maximum atomic E-state index is 12.0. The molecule has 0 unspecified atom stereocenters. The predicted molar refractivity (Wildman–Crippen MR) is 64.0 cm³/mol. The molecule has 0 bridgehead atoms. The zero-order valence-corrected chi connectivity index (χ0v) is 10.2. The summed E-state index contributed by atoms with van der Waals surface area (Å²) >= 11 is 0. The summed E-state index contributed by atoms with van der Waals surface area (Å²) in [6.07, 6.45) is 0.405. The third-order valence-electron chi connectivity index (χ3n) is 3.15. The second kappa shape index (κ2) is 3.24. The van der Waals surface area contributed by atoms with Gasteiger partial charge >= 0.3 is 0 Å². The Morgan fingerprint density at radius 2 is 1.94 bits per heavy atom. The van der Waals surface area contributed by atoms with Gasteiger partial charge in [0.1, 0.15) is 11.4 Å². The number of nitrogens with two attached hydrogens (primary N) is 1. The summed E-state index contributed by atoms with van der Waals surface area (Å²) in [4.78, 5) is 12.0. The van der Waals surface area contributed by atoms with Crippen LogP contribution < -0.4 is 10.5 Å². The van der Waals surface area contributed by atoms with Crippen LogP contribution in [-0.4, -0.2) is 11.4 Å². The predicted octanol–water partition coefficient (Wildman–Crippen LogP) is 2.63. The fraction of sp³-hybridized carbons (Fsp3) is 0.462. The fourth-order valence-corrected chi connectivity index (χ4v) is 2.05. The summed E-state index contributed by atoms with van der Waals surface area (Å²) in [5.74, 6) is 0.814. The second-order valence-corrected chi connectivity index (χ2v) is 5.05. The van der Waals surface area contributed by atoms with E-state index in [9.17, 15) is 4.79 Å². The number of ketones is 1. The van der Waals surface area contributed by atoms with E-state index in [1.807, 2.05) is 27.7 Å². The Kier molecular flexibility index (Phi) is 2.22. The first-order valence-corrected chi connectivity index (χ1v) is 5.44. The molecule has 2 N–H and O–H groups in total. The van der Waals surface area contributed by atoms with Crippen LogP contribution in [0, 0.1) is 13.8 Å². The van der Waals surface area contributed by atoms with Crippen LogP contribution in [0.5, 0.6) is 5.75 Å². The normalized spacial score (nSPS) is 17.9. The highest BCUT2D eigenvalue weighted by Crippen LogP contribution is 2.38. The van der Waals surface area contributed by atoms with E-state index in [0.717, 1.165) is 11.1 Å². The maximum absolute atomic E-state index is 12.0. The number of carbonyl (C=O) groups excluding carboxylic acids is 1. The summed E-state index contributed by atoms with van der Waals surface area (Å²) in [6, 6.07) is 1.73. The minimum absolute atomic E-state index is 0.112. The average molecular weight is 219 g/mol. The summed E-state index contributed by atoms with van der Waals surface area (Å²) < 4.78 is 5.88. The third-order valence-corrected chi connectivity index (χ3v) is 3.15. The van der Waals surface area contributed by atoms with Crippen molar-refractivity contribution in [1.29, 1.82) is 0 Å². The van der Waals surface area contributed by atoms with Crippen LogP contribution in [0.25, 0.3) is 0 Å². The van der Waals surface area contributed by atoms with Crippen molar-refractivity contribution >= 4 is 11.5 Å². The van der Waals surface area contributed by atoms with Gasteiger partial charge in [-0.15, -0.1) is 0 Å². The standard InChI is InChI=1S/C13H17NO2/c1-7-8(2)12-9(5-10(7)14)11(15)6-13(3,4)16-12/h5H,6,14H2,1-4H3. The first kappa shape index (κ1) is 11.0. The van der Waals surface area contributed by atoms with Crippen LogP contribution in [0.4, 0.5) is 5.69 Å². The Hall–Kier alpha value is -1.51. The lowest BCUT2D eigenvalue weighted by molar-refractivity contribution is 0.0615. The topological polar surface area (TPSA) is 52.3 Å². The largest absolute Gasteiger partial charge is 0.486 e. The van der Waals surface area contributed by atoms with E-state index in [4.69, 9.17) is 10.5 Å². The Labute approximate surface area is 95.6 Å². The molecule has 2 rings (SSSR count). The van der Waals surface area contributed by atoms with Crippen LogP contribution >= 0.6 is 0 Å². The number of benzene rings is 1. The van der Waals surface area contributed by atoms with E-state index in [-0.39, 0.29) is 5.78 Å². The summed E-state index contributed by atoms with van der Waals surface area (Å²) in [7, 11) is 0. The van der Waals surface area contributed by atoms with E-state index < -0.39 is 5.60 Å². The minimum Gasteiger partial charge on any atom is -0.486 e. The van der Waals surface area contributed by atoms with Crippen LogP contribution in [0.2, 0.25) is 0 Å². The number of nitrogen functional groups attached to an aromatic ring is 1. The molecule has 16 heavy (non-hydrogen) atoms. The molecule has 86 valence electrons. The Bertz CT molecular complexity index is 475. The maximum Gasteiger partial charge on any atom is 0.170 e. The minimum atomic E-state index is -0.419. The number of carbonyl (C=O) groups is 1. The summed E-state index contributed by atoms with van der Waals surface area (Å²) in [5, 5.41) is 0. The number of rotatable bonds is 0. The van der Waals surface area contributed by atoms with E-state index in [2.05, 4.69) is 0 Å². The summed E-state index contributed by atoms with van der Waals surface area (Å²) in [5.41, 5.74) is 8.69. The number of fused-ring (bicyclic) bond motifs is 1. The van der Waals surface area contributed by atoms with Gasteiger partial charge in [-0.05, 0) is 44.9 Å². The molecule has 0 spiro atoms. The van der Waals surface area contributed by atoms with E-state index in [1.165, 1.54) is 0 Å². The molecule has 0 atom stereocenters. The van der Waals surface area contributed by atoms with Crippen molar-refractivity contribution in [2.45, 2.75) is 39.7 Å². The number of Topliss-reactive ketones (excluding diaryl/α,β-unsaturated/α-hetero) is 1. The molecule has 1 heterocycles. The van der Waals surface area contributed by atoms with Crippen molar-refractivity contribution in [3.63, 3.8) is 0 Å². The summed E-state index contributed by atoms with van der Waals surface area (Å²) in [6.45, 7) is 7.75. The quantitative estimate of drug-likeness (QED) is 0.682. The van der Waals surface area contributed by atoms with Gasteiger partial charge in [-0.25, -0.2) is 0 Å². The zero-order valence-electron chi connectivity index (χ0n) is 10.2. The molecule has 0 radical (unpaired) electrons. The molecular formula is C13H17NO2. The second-order valence-electron chi connectivity index (χ2n) is 5.05. The van der Waals surface area contributed by atoms with Gasteiger partial charge in [0.05, 0.1) is 12.0 Å². The van der Waals surface area contributed by atoms with Gasteiger partial charge in [-0.2, -0.15) is 0 Å². The lowest BCUT2D eigenvalue weighted by Gasteiger charge is -2.33. The molecule has 0 aliphatic carbocycles. The molecule has 1 aliphatic rings. The molecule has 1 aromatic rings. The third kappa shape index (κ3) is 1.56. The molecule has 3 heteroatoms. The van der Waals surface area contributed by atoms with Crippen molar-refractivity contribution in [3.05, 3.63) is 22.8 Å². The van der Waals surface area contributed by atoms with Crippen LogP contribution in [0.1, 0.15) is 41.8 Å². The Morgan fingerprint density at radius 1 is 1.31 bits per heavy atom. The number of hydrogen-bond donors (Lipinski definition) is 1. The van der Waals surface area contributed by atoms with Crippen LogP contribution in [-0.2, 0) is 0 Å². The van der Waals surface area contributed by atoms with Gasteiger partial charge < -0.3 is 10.5 Å². The van der Waals surface area contributed by atoms with Crippen LogP contribution in [0.15, 0.2) is 6.07 Å². The van der Waals surface area contributed by atoms with Crippen molar-refractivity contribution in [2.24, 2.45) is 0 Å². The highest BCUT2D eigenvalue weighted by atomic mass is 16.5.